The highest BCUT2D eigenvalue weighted by Crippen LogP contribution is 2.05. The molecule has 0 spiro atoms. The monoisotopic (exact) mass is 235 g/mol. The van der Waals surface area contributed by atoms with Gasteiger partial charge in [0.25, 0.3) is 0 Å². The van der Waals surface area contributed by atoms with Crippen LogP contribution in [0.4, 0.5) is 0 Å². The molecule has 0 bridgehead atoms. The van der Waals surface area contributed by atoms with Gasteiger partial charge in [-0.3, -0.25) is 4.79 Å². The van der Waals surface area contributed by atoms with Crippen molar-refractivity contribution in [2.24, 2.45) is 0 Å². The molecule has 0 saturated heterocycles. The SMILES string of the molecule is CCCCN(CC)C(=O)C(C)Br. The maximum absolute atomic E-state index is 11.5. The minimum Gasteiger partial charge on any atom is -0.342 e. The van der Waals surface area contributed by atoms with Crippen LogP contribution < -0.4 is 0 Å². The third-order valence-corrected chi connectivity index (χ3v) is 2.21. The van der Waals surface area contributed by atoms with Gasteiger partial charge in [0, 0.05) is 13.1 Å². The number of unbranched alkanes of at least 4 members (excludes halogenated alkanes) is 1. The average Bonchev–Trinajstić information content (AvgIpc) is 2.05. The zero-order valence-electron chi connectivity index (χ0n) is 8.14. The molecule has 0 heterocycles. The number of halogens is 1. The minimum atomic E-state index is -0.0469. The van der Waals surface area contributed by atoms with Crippen molar-refractivity contribution in [1.29, 1.82) is 0 Å². The van der Waals surface area contributed by atoms with Gasteiger partial charge in [-0.1, -0.05) is 29.3 Å². The number of alkyl halides is 1. The van der Waals surface area contributed by atoms with Crippen molar-refractivity contribution < 1.29 is 4.79 Å². The normalized spacial score (nSPS) is 12.7. The fourth-order valence-corrected chi connectivity index (χ4v) is 1.31. The van der Waals surface area contributed by atoms with Crippen LogP contribution in [0.25, 0.3) is 0 Å². The summed E-state index contributed by atoms with van der Waals surface area (Å²) in [5.41, 5.74) is 0. The van der Waals surface area contributed by atoms with Crippen molar-refractivity contribution in [1.82, 2.24) is 4.90 Å². The maximum atomic E-state index is 11.5. The summed E-state index contributed by atoms with van der Waals surface area (Å²) in [5, 5.41) is 0. The van der Waals surface area contributed by atoms with Crippen LogP contribution in [0, 0.1) is 0 Å². The first kappa shape index (κ1) is 11.9. The summed E-state index contributed by atoms with van der Waals surface area (Å²) in [6.45, 7) is 7.73. The van der Waals surface area contributed by atoms with Crippen molar-refractivity contribution >= 4 is 21.8 Å². The molecule has 72 valence electrons. The lowest BCUT2D eigenvalue weighted by Crippen LogP contribution is -2.36. The number of carbonyl (C=O) groups is 1. The van der Waals surface area contributed by atoms with Gasteiger partial charge in [-0.15, -0.1) is 0 Å². The van der Waals surface area contributed by atoms with Crippen LogP contribution in [0.1, 0.15) is 33.6 Å². The zero-order valence-corrected chi connectivity index (χ0v) is 9.73. The molecule has 0 aromatic heterocycles. The van der Waals surface area contributed by atoms with E-state index < -0.39 is 0 Å². The predicted molar refractivity (Wildman–Crippen MR) is 55.6 cm³/mol. The second-order valence-corrected chi connectivity index (χ2v) is 4.26. The van der Waals surface area contributed by atoms with Crippen molar-refractivity contribution in [2.75, 3.05) is 13.1 Å². The van der Waals surface area contributed by atoms with E-state index in [0.29, 0.717) is 0 Å². The first-order chi connectivity index (χ1) is 5.63. The first-order valence-corrected chi connectivity index (χ1v) is 5.47. The van der Waals surface area contributed by atoms with E-state index in [1.165, 1.54) is 0 Å². The van der Waals surface area contributed by atoms with E-state index in [2.05, 4.69) is 22.9 Å². The third-order valence-electron chi connectivity index (χ3n) is 1.82. The summed E-state index contributed by atoms with van der Waals surface area (Å²) in [5.74, 6) is 0.200. The molecule has 2 nitrogen and oxygen atoms in total. The standard InChI is InChI=1S/C9H18BrNO/c1-4-6-7-11(5-2)9(12)8(3)10/h8H,4-7H2,1-3H3. The van der Waals surface area contributed by atoms with Gasteiger partial charge < -0.3 is 4.90 Å². The van der Waals surface area contributed by atoms with Crippen LogP contribution in [0.5, 0.6) is 0 Å². The molecule has 0 rings (SSSR count). The van der Waals surface area contributed by atoms with Gasteiger partial charge in [-0.05, 0) is 20.3 Å². The highest BCUT2D eigenvalue weighted by atomic mass is 79.9. The van der Waals surface area contributed by atoms with E-state index in [-0.39, 0.29) is 10.7 Å². The molecule has 0 saturated carbocycles. The lowest BCUT2D eigenvalue weighted by atomic mass is 10.3. The summed E-state index contributed by atoms with van der Waals surface area (Å²) in [6.07, 6.45) is 2.24. The molecule has 3 heteroatoms. The molecular formula is C9H18BrNO. The van der Waals surface area contributed by atoms with Gasteiger partial charge in [0.1, 0.15) is 0 Å². The Hall–Kier alpha value is -0.0500. The molecule has 12 heavy (non-hydrogen) atoms. The molecule has 1 atom stereocenters. The Morgan fingerprint density at radius 1 is 1.50 bits per heavy atom. The quantitative estimate of drug-likeness (QED) is 0.671. The lowest BCUT2D eigenvalue weighted by Gasteiger charge is -2.21. The van der Waals surface area contributed by atoms with Gasteiger partial charge in [0.15, 0.2) is 0 Å². The molecule has 1 unspecified atom stereocenters. The Balaban J connectivity index is 3.88. The van der Waals surface area contributed by atoms with E-state index in [1.54, 1.807) is 0 Å². The van der Waals surface area contributed by atoms with E-state index in [9.17, 15) is 4.79 Å². The van der Waals surface area contributed by atoms with Crippen LogP contribution in [0.2, 0.25) is 0 Å². The Morgan fingerprint density at radius 3 is 2.42 bits per heavy atom. The second kappa shape index (κ2) is 6.46. The molecule has 0 N–H and O–H groups in total. The second-order valence-electron chi connectivity index (χ2n) is 2.89. The maximum Gasteiger partial charge on any atom is 0.236 e. The third kappa shape index (κ3) is 4.10. The fraction of sp³-hybridized carbons (Fsp3) is 0.889. The molecule has 0 aliphatic carbocycles. The summed E-state index contributed by atoms with van der Waals surface area (Å²) in [7, 11) is 0. The predicted octanol–water partition coefficient (Wildman–Crippen LogP) is 2.42. The topological polar surface area (TPSA) is 20.3 Å². The molecule has 0 aliphatic rings. The van der Waals surface area contributed by atoms with E-state index >= 15 is 0 Å². The molecular weight excluding hydrogens is 218 g/mol. The lowest BCUT2D eigenvalue weighted by molar-refractivity contribution is -0.130. The Kier molecular flexibility index (Phi) is 6.44. The minimum absolute atomic E-state index is 0.0469. The Labute approximate surface area is 83.4 Å². The van der Waals surface area contributed by atoms with Gasteiger partial charge in [-0.25, -0.2) is 0 Å². The number of amides is 1. The highest BCUT2D eigenvalue weighted by Gasteiger charge is 2.15. The molecule has 1 amide bonds. The van der Waals surface area contributed by atoms with E-state index in [4.69, 9.17) is 0 Å². The van der Waals surface area contributed by atoms with Gasteiger partial charge in [0.2, 0.25) is 5.91 Å². The van der Waals surface area contributed by atoms with Crippen LogP contribution >= 0.6 is 15.9 Å². The largest absolute Gasteiger partial charge is 0.342 e. The zero-order chi connectivity index (χ0) is 9.56. The molecule has 0 fully saturated rings. The van der Waals surface area contributed by atoms with Gasteiger partial charge in [0.05, 0.1) is 4.83 Å². The molecule has 0 aliphatic heterocycles. The first-order valence-electron chi connectivity index (χ1n) is 4.56. The van der Waals surface area contributed by atoms with Crippen LogP contribution in [-0.2, 0) is 4.79 Å². The Bertz CT molecular complexity index is 136. The highest BCUT2D eigenvalue weighted by molar-refractivity contribution is 9.10. The van der Waals surface area contributed by atoms with Crippen LogP contribution in [-0.4, -0.2) is 28.7 Å². The van der Waals surface area contributed by atoms with Crippen molar-refractivity contribution in [3.05, 3.63) is 0 Å². The van der Waals surface area contributed by atoms with Gasteiger partial charge >= 0.3 is 0 Å². The van der Waals surface area contributed by atoms with Gasteiger partial charge in [-0.2, -0.15) is 0 Å². The molecule has 0 aromatic rings. The smallest absolute Gasteiger partial charge is 0.236 e. The van der Waals surface area contributed by atoms with E-state index in [1.807, 2.05) is 18.7 Å². The number of carbonyl (C=O) groups excluding carboxylic acids is 1. The molecule has 0 aromatic carbocycles. The van der Waals surface area contributed by atoms with E-state index in [0.717, 1.165) is 25.9 Å². The average molecular weight is 236 g/mol. The number of hydrogen-bond donors (Lipinski definition) is 0. The summed E-state index contributed by atoms with van der Waals surface area (Å²) in [4.78, 5) is 13.3. The Morgan fingerprint density at radius 2 is 2.08 bits per heavy atom. The number of hydrogen-bond acceptors (Lipinski definition) is 1. The fourth-order valence-electron chi connectivity index (χ4n) is 1.02. The number of rotatable bonds is 5. The molecule has 0 radical (unpaired) electrons. The van der Waals surface area contributed by atoms with Crippen LogP contribution in [0.15, 0.2) is 0 Å². The number of nitrogens with zero attached hydrogens (tertiary/aromatic N) is 1. The summed E-state index contributed by atoms with van der Waals surface area (Å²) < 4.78 is 0. The van der Waals surface area contributed by atoms with Crippen molar-refractivity contribution in [3.8, 4) is 0 Å². The van der Waals surface area contributed by atoms with Crippen molar-refractivity contribution in [3.63, 3.8) is 0 Å². The summed E-state index contributed by atoms with van der Waals surface area (Å²) >= 11 is 3.28. The van der Waals surface area contributed by atoms with Crippen LogP contribution in [0.3, 0.4) is 0 Å². The summed E-state index contributed by atoms with van der Waals surface area (Å²) in [6, 6.07) is 0. The van der Waals surface area contributed by atoms with Crippen molar-refractivity contribution in [2.45, 2.75) is 38.4 Å².